The molecule has 1 N–H and O–H groups in total. The summed E-state index contributed by atoms with van der Waals surface area (Å²) in [7, 11) is 3.93. The summed E-state index contributed by atoms with van der Waals surface area (Å²) in [6, 6.07) is 15.4. The van der Waals surface area contributed by atoms with Gasteiger partial charge in [-0.25, -0.2) is 4.79 Å². The summed E-state index contributed by atoms with van der Waals surface area (Å²) in [6.07, 6.45) is -1.16. The molecule has 0 spiro atoms. The van der Waals surface area contributed by atoms with Crippen LogP contribution in [0.5, 0.6) is 0 Å². The summed E-state index contributed by atoms with van der Waals surface area (Å²) in [5, 5.41) is 12.8. The highest BCUT2D eigenvalue weighted by Crippen LogP contribution is 2.42. The molecule has 33 heavy (non-hydrogen) atoms. The molecule has 5 heteroatoms. The van der Waals surface area contributed by atoms with Crippen LogP contribution in [-0.4, -0.2) is 42.2 Å². The maximum absolute atomic E-state index is 12.5. The molecule has 0 fully saturated rings. The standard InChI is InChI=1S/C28H30ClNO3/c1-18-21(12-9-17-30(5)6)22-10-7-8-11-23(22)25(19-13-15-20(29)16-14-19)24(18)26(27(31)32)33-28(2,3)4/h7-8,10-11,13-16,26H,17H2,1-6H3,(H,31,32). The van der Waals surface area contributed by atoms with Crippen LogP contribution < -0.4 is 0 Å². The van der Waals surface area contributed by atoms with E-state index in [0.29, 0.717) is 17.1 Å². The zero-order chi connectivity index (χ0) is 24.3. The van der Waals surface area contributed by atoms with E-state index in [9.17, 15) is 9.90 Å². The van der Waals surface area contributed by atoms with Gasteiger partial charge in [0.15, 0.2) is 6.10 Å². The fourth-order valence-electron chi connectivity index (χ4n) is 3.88. The highest BCUT2D eigenvalue weighted by Gasteiger charge is 2.32. The fraction of sp³-hybridized carbons (Fsp3) is 0.321. The minimum absolute atomic E-state index is 0.600. The van der Waals surface area contributed by atoms with Crippen molar-refractivity contribution in [3.05, 3.63) is 70.2 Å². The van der Waals surface area contributed by atoms with Gasteiger partial charge in [0.25, 0.3) is 0 Å². The third kappa shape index (κ3) is 5.75. The van der Waals surface area contributed by atoms with Crippen LogP contribution in [0.4, 0.5) is 0 Å². The Morgan fingerprint density at radius 2 is 1.70 bits per heavy atom. The average molecular weight is 464 g/mol. The molecular formula is C28H30ClNO3. The summed E-state index contributed by atoms with van der Waals surface area (Å²) in [4.78, 5) is 14.5. The third-order valence-corrected chi connectivity index (χ3v) is 5.47. The summed E-state index contributed by atoms with van der Waals surface area (Å²) in [5.41, 5.74) is 3.30. The second kappa shape index (κ2) is 9.97. The molecule has 0 bridgehead atoms. The summed E-state index contributed by atoms with van der Waals surface area (Å²) in [5.74, 6) is 5.49. The molecule has 3 aromatic rings. The van der Waals surface area contributed by atoms with Crippen LogP contribution in [0.1, 0.15) is 43.6 Å². The Labute approximate surface area is 201 Å². The quantitative estimate of drug-likeness (QED) is 0.449. The van der Waals surface area contributed by atoms with Crippen molar-refractivity contribution in [2.45, 2.75) is 39.4 Å². The molecule has 0 heterocycles. The summed E-state index contributed by atoms with van der Waals surface area (Å²) >= 11 is 6.16. The maximum atomic E-state index is 12.5. The predicted octanol–water partition coefficient (Wildman–Crippen LogP) is 6.32. The molecule has 172 valence electrons. The van der Waals surface area contributed by atoms with Gasteiger partial charge in [-0.3, -0.25) is 4.90 Å². The van der Waals surface area contributed by atoms with E-state index in [1.807, 2.05) is 95.2 Å². The molecule has 0 aromatic heterocycles. The molecule has 4 nitrogen and oxygen atoms in total. The molecule has 0 aliphatic carbocycles. The number of benzene rings is 3. The number of hydrogen-bond acceptors (Lipinski definition) is 3. The SMILES string of the molecule is Cc1c(C(OC(C)(C)C)C(=O)O)c(-c2ccc(Cl)cc2)c2ccccc2c1C#CCN(C)C. The smallest absolute Gasteiger partial charge is 0.337 e. The fourth-order valence-corrected chi connectivity index (χ4v) is 4.00. The molecular weight excluding hydrogens is 434 g/mol. The Kier molecular flexibility index (Phi) is 7.49. The number of rotatable bonds is 5. The topological polar surface area (TPSA) is 49.8 Å². The van der Waals surface area contributed by atoms with Gasteiger partial charge in [0.05, 0.1) is 12.1 Å². The highest BCUT2D eigenvalue weighted by atomic mass is 35.5. The number of ether oxygens (including phenoxy) is 1. The lowest BCUT2D eigenvalue weighted by Crippen LogP contribution is -2.28. The number of aliphatic carboxylic acids is 1. The van der Waals surface area contributed by atoms with Gasteiger partial charge in [0, 0.05) is 16.1 Å². The van der Waals surface area contributed by atoms with Crippen LogP contribution in [0.25, 0.3) is 21.9 Å². The van der Waals surface area contributed by atoms with Gasteiger partial charge in [0.2, 0.25) is 0 Å². The van der Waals surface area contributed by atoms with Crippen molar-refractivity contribution in [3.8, 4) is 23.0 Å². The van der Waals surface area contributed by atoms with E-state index in [-0.39, 0.29) is 0 Å². The Balaban J connectivity index is 2.45. The van der Waals surface area contributed by atoms with Crippen molar-refractivity contribution >= 4 is 28.3 Å². The zero-order valence-corrected chi connectivity index (χ0v) is 20.7. The first-order valence-electron chi connectivity index (χ1n) is 10.8. The monoisotopic (exact) mass is 463 g/mol. The van der Waals surface area contributed by atoms with Gasteiger partial charge in [0.1, 0.15) is 0 Å². The third-order valence-electron chi connectivity index (χ3n) is 5.21. The average Bonchev–Trinajstić information content (AvgIpc) is 2.73. The van der Waals surface area contributed by atoms with Gasteiger partial charge in [-0.05, 0) is 81.4 Å². The summed E-state index contributed by atoms with van der Waals surface area (Å²) < 4.78 is 6.12. The number of nitrogens with zero attached hydrogens (tertiary/aromatic N) is 1. The molecule has 0 saturated carbocycles. The van der Waals surface area contributed by atoms with Gasteiger partial charge in [-0.2, -0.15) is 0 Å². The zero-order valence-electron chi connectivity index (χ0n) is 20.0. The first-order chi connectivity index (χ1) is 15.5. The van der Waals surface area contributed by atoms with Gasteiger partial charge in [-0.15, -0.1) is 0 Å². The number of carbonyl (C=O) groups is 1. The van der Waals surface area contributed by atoms with Crippen molar-refractivity contribution in [3.63, 3.8) is 0 Å². The minimum Gasteiger partial charge on any atom is -0.479 e. The molecule has 1 unspecified atom stereocenters. The first-order valence-corrected chi connectivity index (χ1v) is 11.2. The van der Waals surface area contributed by atoms with E-state index in [2.05, 4.69) is 11.8 Å². The van der Waals surface area contributed by atoms with Crippen LogP contribution in [0.3, 0.4) is 0 Å². The van der Waals surface area contributed by atoms with E-state index < -0.39 is 17.7 Å². The molecule has 3 rings (SSSR count). The lowest BCUT2D eigenvalue weighted by Gasteiger charge is -2.29. The van der Waals surface area contributed by atoms with E-state index in [1.165, 1.54) is 0 Å². The lowest BCUT2D eigenvalue weighted by atomic mass is 9.84. The van der Waals surface area contributed by atoms with E-state index in [4.69, 9.17) is 16.3 Å². The van der Waals surface area contributed by atoms with Crippen LogP contribution >= 0.6 is 11.6 Å². The number of carboxylic acid groups (broad SMARTS) is 1. The van der Waals surface area contributed by atoms with Crippen LogP contribution in [-0.2, 0) is 9.53 Å². The predicted molar refractivity (Wildman–Crippen MR) is 136 cm³/mol. The highest BCUT2D eigenvalue weighted by molar-refractivity contribution is 6.30. The van der Waals surface area contributed by atoms with E-state index in [0.717, 1.165) is 33.0 Å². The Morgan fingerprint density at radius 1 is 1.09 bits per heavy atom. The second-order valence-corrected chi connectivity index (χ2v) is 9.77. The van der Waals surface area contributed by atoms with Crippen molar-refractivity contribution in [2.75, 3.05) is 20.6 Å². The van der Waals surface area contributed by atoms with Crippen LogP contribution in [0, 0.1) is 18.8 Å². The molecule has 0 radical (unpaired) electrons. The molecule has 1 atom stereocenters. The van der Waals surface area contributed by atoms with Gasteiger partial charge in [-0.1, -0.05) is 59.8 Å². The molecule has 0 aliphatic heterocycles. The minimum atomic E-state index is -1.16. The van der Waals surface area contributed by atoms with E-state index >= 15 is 0 Å². The van der Waals surface area contributed by atoms with Crippen LogP contribution in [0.2, 0.25) is 5.02 Å². The number of fused-ring (bicyclic) bond motifs is 1. The van der Waals surface area contributed by atoms with Crippen molar-refractivity contribution in [1.29, 1.82) is 0 Å². The van der Waals surface area contributed by atoms with Crippen molar-refractivity contribution in [2.24, 2.45) is 0 Å². The Bertz CT molecular complexity index is 1230. The number of hydrogen-bond donors (Lipinski definition) is 1. The normalized spacial score (nSPS) is 12.5. The molecule has 0 aliphatic rings. The molecule has 0 saturated heterocycles. The first kappa shape index (κ1) is 24.8. The van der Waals surface area contributed by atoms with Crippen molar-refractivity contribution in [1.82, 2.24) is 4.90 Å². The maximum Gasteiger partial charge on any atom is 0.337 e. The summed E-state index contributed by atoms with van der Waals surface area (Å²) in [6.45, 7) is 8.11. The Morgan fingerprint density at radius 3 is 2.24 bits per heavy atom. The number of carboxylic acids is 1. The van der Waals surface area contributed by atoms with Gasteiger partial charge >= 0.3 is 5.97 Å². The Hall–Kier alpha value is -2.84. The largest absolute Gasteiger partial charge is 0.479 e. The van der Waals surface area contributed by atoms with Gasteiger partial charge < -0.3 is 9.84 Å². The van der Waals surface area contributed by atoms with Crippen molar-refractivity contribution < 1.29 is 14.6 Å². The van der Waals surface area contributed by atoms with Crippen LogP contribution in [0.15, 0.2) is 48.5 Å². The molecule has 3 aromatic carbocycles. The van der Waals surface area contributed by atoms with E-state index in [1.54, 1.807) is 0 Å². The molecule has 0 amide bonds. The lowest BCUT2D eigenvalue weighted by molar-refractivity contribution is -0.160. The second-order valence-electron chi connectivity index (χ2n) is 9.33. The number of halogens is 1.